The normalized spacial score (nSPS) is 12.4. The predicted octanol–water partition coefficient (Wildman–Crippen LogP) is -3.78. The van der Waals surface area contributed by atoms with Crippen molar-refractivity contribution in [2.24, 2.45) is 0 Å². The average Bonchev–Trinajstić information content (AvgIpc) is 2.53. The Labute approximate surface area is 252 Å². The first-order chi connectivity index (χ1) is 12.5. The van der Waals surface area contributed by atoms with Gasteiger partial charge in [0.2, 0.25) is 0 Å². The van der Waals surface area contributed by atoms with Crippen LogP contribution in [0.1, 0.15) is 18.4 Å². The zero-order valence-electron chi connectivity index (χ0n) is 15.7. The van der Waals surface area contributed by atoms with Crippen molar-refractivity contribution in [3.63, 3.8) is 0 Å². The number of aryl methyl sites for hydroxylation is 1. The van der Waals surface area contributed by atoms with Gasteiger partial charge in [0.25, 0.3) is 10.1 Å². The molecule has 2 aromatic rings. The number of hydrogen-bond acceptors (Lipinski definition) is 6. The molecule has 1 N–H and O–H groups in total. The second kappa shape index (κ2) is 13.2. The molecule has 0 fully saturated rings. The van der Waals surface area contributed by atoms with Crippen LogP contribution in [0.3, 0.4) is 0 Å². The van der Waals surface area contributed by atoms with E-state index in [4.69, 9.17) is 9.29 Å². The molecule has 13 heteroatoms. The van der Waals surface area contributed by atoms with Crippen LogP contribution in [0.25, 0.3) is 0 Å². The van der Waals surface area contributed by atoms with Crippen LogP contribution in [0.4, 0.5) is 8.78 Å². The van der Waals surface area contributed by atoms with E-state index in [2.05, 4.69) is 0 Å². The van der Waals surface area contributed by atoms with Crippen molar-refractivity contribution >= 4 is 17.7 Å². The van der Waals surface area contributed by atoms with Crippen molar-refractivity contribution in [1.29, 1.82) is 0 Å². The van der Waals surface area contributed by atoms with E-state index in [1.165, 1.54) is 12.1 Å². The van der Waals surface area contributed by atoms with Crippen LogP contribution in [0.15, 0.2) is 42.5 Å². The summed E-state index contributed by atoms with van der Waals surface area (Å²) >= 11 is 0. The molecule has 0 aliphatic heterocycles. The molecule has 0 saturated heterocycles. The van der Waals surface area contributed by atoms with Crippen molar-refractivity contribution in [2.75, 3.05) is 0 Å². The Morgan fingerprint density at radius 3 is 2.21 bits per heavy atom. The van der Waals surface area contributed by atoms with E-state index >= 15 is 0 Å². The van der Waals surface area contributed by atoms with Gasteiger partial charge in [-0.2, -0.15) is 8.42 Å². The smallest absolute Gasteiger partial charge is 0.810 e. The van der Waals surface area contributed by atoms with Gasteiger partial charge in [-0.3, -0.25) is 4.55 Å². The second-order valence-corrected chi connectivity index (χ2v) is 9.38. The van der Waals surface area contributed by atoms with Crippen LogP contribution in [-0.4, -0.2) is 18.0 Å². The van der Waals surface area contributed by atoms with Crippen LogP contribution in [0.5, 0.6) is 11.5 Å². The molecule has 0 spiro atoms. The van der Waals surface area contributed by atoms with E-state index in [9.17, 15) is 31.6 Å². The molecule has 0 heterocycles. The van der Waals surface area contributed by atoms with Crippen molar-refractivity contribution < 1.29 is 144 Å². The fourth-order valence-electron chi connectivity index (χ4n) is 2.39. The van der Waals surface area contributed by atoms with Crippen molar-refractivity contribution in [1.82, 2.24) is 0 Å². The second-order valence-electron chi connectivity index (χ2n) is 5.73. The Hall–Kier alpha value is 1.43. The summed E-state index contributed by atoms with van der Waals surface area (Å²) in [6, 6.07) is 9.35. The van der Waals surface area contributed by atoms with Gasteiger partial charge in [0.15, 0.2) is 11.6 Å². The topological polar surface area (TPSA) is 127 Å². The summed E-state index contributed by atoms with van der Waals surface area (Å²) < 4.78 is 73.5. The molecule has 1 atom stereocenters. The number of benzene rings is 2. The van der Waals surface area contributed by atoms with Crippen molar-refractivity contribution in [2.45, 2.75) is 24.3 Å². The maximum atomic E-state index is 13.2. The first-order valence-corrected chi connectivity index (χ1v) is 10.8. The number of halogens is 2. The number of hydrogen-bond donors (Lipinski definition) is 1. The molecule has 1 unspecified atom stereocenters. The van der Waals surface area contributed by atoms with Gasteiger partial charge in [-0.05, 0) is 56.7 Å². The minimum absolute atomic E-state index is 0. The minimum atomic E-state index is -5.51. The van der Waals surface area contributed by atoms with Gasteiger partial charge in [0.1, 0.15) is 16.5 Å². The molecule has 0 aliphatic rings. The number of ether oxygens (including phenoxy) is 1. The zero-order valence-corrected chi connectivity index (χ0v) is 23.7. The van der Waals surface area contributed by atoms with E-state index in [-0.39, 0.29) is 121 Å². The first-order valence-electron chi connectivity index (χ1n) is 7.66. The quantitative estimate of drug-likeness (QED) is 0.225. The first kappa shape index (κ1) is 30.4. The summed E-state index contributed by atoms with van der Waals surface area (Å²) in [6.45, 7) is 0. The number of rotatable bonds is 8. The fraction of sp³-hybridized carbons (Fsp3) is 0.250. The van der Waals surface area contributed by atoms with Crippen LogP contribution >= 0.6 is 7.60 Å². The Bertz CT molecular complexity index is 969. The summed E-state index contributed by atoms with van der Waals surface area (Å²) in [6.07, 6.45) is -0.369. The monoisotopic (exact) mass is 498 g/mol. The largest absolute Gasteiger partial charge is 1.00 e. The van der Waals surface area contributed by atoms with Crippen molar-refractivity contribution in [3.8, 4) is 11.5 Å². The van der Waals surface area contributed by atoms with Gasteiger partial charge >= 0.3 is 103 Å². The Morgan fingerprint density at radius 1 is 1.03 bits per heavy atom. The summed E-state index contributed by atoms with van der Waals surface area (Å²) in [5.74, 6) is -1.72. The summed E-state index contributed by atoms with van der Waals surface area (Å²) in [5, 5.41) is 0. The molecule has 7 nitrogen and oxygen atoms in total. The SMILES string of the molecule is O=P([O-])([O-])C(CCCc1cccc(Oc2ccc(F)c(F)c2)c1)S(=O)(=O)O.[K+].[K+]. The third kappa shape index (κ3) is 10.3. The Balaban J connectivity index is 0.00000392. The molecular formula is C16H15F2K2O7PS. The molecule has 2 rings (SSSR count). The average molecular weight is 499 g/mol. The summed E-state index contributed by atoms with van der Waals surface area (Å²) in [7, 11) is -10.5. The molecule has 2 aromatic carbocycles. The molecule has 148 valence electrons. The van der Waals surface area contributed by atoms with E-state index in [0.717, 1.165) is 12.1 Å². The van der Waals surface area contributed by atoms with Crippen LogP contribution in [0, 0.1) is 11.6 Å². The standard InChI is InChI=1S/C16H17F2O7PS.2K/c17-14-8-7-13(10-15(14)18)25-12-5-1-3-11(9-12)4-2-6-16(26(19,20)21)27(22,23)24;;/h1,3,5,7-10,16H,2,4,6H2,(H2,19,20,21)(H,22,23,24);;/q;2*+1/p-2. The zero-order chi connectivity index (χ0) is 20.2. The van der Waals surface area contributed by atoms with Gasteiger partial charge in [-0.15, -0.1) is 0 Å². The van der Waals surface area contributed by atoms with Crippen molar-refractivity contribution in [3.05, 3.63) is 59.7 Å². The van der Waals surface area contributed by atoms with E-state index in [1.807, 2.05) is 0 Å². The minimum Gasteiger partial charge on any atom is -0.810 e. The molecular weight excluding hydrogens is 483 g/mol. The third-order valence-electron chi connectivity index (χ3n) is 3.64. The summed E-state index contributed by atoms with van der Waals surface area (Å²) in [5.41, 5.74) is 0.621. The van der Waals surface area contributed by atoms with E-state index in [1.54, 1.807) is 18.2 Å². The third-order valence-corrected chi connectivity index (χ3v) is 7.10. The molecule has 0 amide bonds. The Morgan fingerprint density at radius 2 is 1.66 bits per heavy atom. The molecule has 29 heavy (non-hydrogen) atoms. The van der Waals surface area contributed by atoms with E-state index in [0.29, 0.717) is 11.3 Å². The molecule has 0 aliphatic carbocycles. The van der Waals surface area contributed by atoms with Gasteiger partial charge < -0.3 is 19.1 Å². The predicted molar refractivity (Wildman–Crippen MR) is 88.8 cm³/mol. The maximum Gasteiger partial charge on any atom is 1.00 e. The van der Waals surface area contributed by atoms with Gasteiger partial charge in [-0.1, -0.05) is 12.1 Å². The van der Waals surface area contributed by atoms with E-state index < -0.39 is 40.8 Å². The van der Waals surface area contributed by atoms with Crippen LogP contribution in [0.2, 0.25) is 0 Å². The fourth-order valence-corrected chi connectivity index (χ4v) is 4.66. The van der Waals surface area contributed by atoms with Gasteiger partial charge in [0, 0.05) is 6.07 Å². The molecule has 0 radical (unpaired) electrons. The molecule has 0 aromatic heterocycles. The molecule has 0 saturated carbocycles. The van der Waals surface area contributed by atoms with Crippen LogP contribution in [-0.2, 0) is 21.1 Å². The summed E-state index contributed by atoms with van der Waals surface area (Å²) in [4.78, 5) is 19.6. The Kier molecular flexibility index (Phi) is 13.9. The maximum absolute atomic E-state index is 13.2. The van der Waals surface area contributed by atoms with Gasteiger partial charge in [-0.25, -0.2) is 8.78 Å². The van der Waals surface area contributed by atoms with Crippen LogP contribution < -0.4 is 117 Å². The molecule has 0 bridgehead atoms. The van der Waals surface area contributed by atoms with Gasteiger partial charge in [0.05, 0.1) is 0 Å².